The molecule has 0 fully saturated rings. The highest BCUT2D eigenvalue weighted by molar-refractivity contribution is 9.11. The van der Waals surface area contributed by atoms with Gasteiger partial charge in [0.05, 0.1) is 0 Å². The first-order chi connectivity index (χ1) is 5.04. The van der Waals surface area contributed by atoms with E-state index in [0.717, 1.165) is 0 Å². The van der Waals surface area contributed by atoms with Crippen LogP contribution >= 0.6 is 31.9 Å². The Balaban J connectivity index is 3.59. The minimum Gasteiger partial charge on any atom is -0.505 e. The van der Waals surface area contributed by atoms with Crippen LogP contribution in [0.25, 0.3) is 0 Å². The molecule has 1 heterocycles. The van der Waals surface area contributed by atoms with Gasteiger partial charge in [0.2, 0.25) is 5.88 Å². The minimum absolute atomic E-state index is 0.0119. The number of pyridine rings is 1. The van der Waals surface area contributed by atoms with Crippen LogP contribution in [-0.2, 0) is 0 Å². The molecular formula is C5H3Br2NO3. The normalized spacial score (nSPS) is 10.0. The Hall–Kier alpha value is -0.490. The lowest BCUT2D eigenvalue weighted by Gasteiger charge is -2.00. The Labute approximate surface area is 78.1 Å². The highest BCUT2D eigenvalue weighted by atomic mass is 79.9. The average molecular weight is 285 g/mol. The van der Waals surface area contributed by atoms with Crippen molar-refractivity contribution in [2.24, 2.45) is 0 Å². The van der Waals surface area contributed by atoms with Crippen molar-refractivity contribution in [2.75, 3.05) is 0 Å². The first-order valence-corrected chi connectivity index (χ1v) is 4.12. The van der Waals surface area contributed by atoms with Crippen LogP contribution in [-0.4, -0.2) is 15.2 Å². The molecule has 0 unspecified atom stereocenters. The van der Waals surface area contributed by atoms with Gasteiger partial charge in [-0.1, -0.05) is 0 Å². The molecule has 0 saturated heterocycles. The number of hydrogen-bond acceptors (Lipinski definition) is 3. The fourth-order valence-corrected chi connectivity index (χ4v) is 1.39. The lowest BCUT2D eigenvalue weighted by Crippen LogP contribution is -2.05. The predicted molar refractivity (Wildman–Crippen MR) is 45.8 cm³/mol. The van der Waals surface area contributed by atoms with Crippen LogP contribution in [0.3, 0.4) is 0 Å². The molecule has 0 amide bonds. The highest BCUT2D eigenvalue weighted by Gasteiger charge is 2.11. The molecule has 1 rings (SSSR count). The van der Waals surface area contributed by atoms with Gasteiger partial charge in [-0.15, -0.1) is 0 Å². The monoisotopic (exact) mass is 283 g/mol. The van der Waals surface area contributed by atoms with Crippen LogP contribution in [0.4, 0.5) is 0 Å². The summed E-state index contributed by atoms with van der Waals surface area (Å²) < 4.78 is 0.0474. The third kappa shape index (κ3) is 1.41. The smallest absolute Gasteiger partial charge is 0.268 e. The third-order valence-electron chi connectivity index (χ3n) is 1.06. The maximum absolute atomic E-state index is 10.8. The second-order valence-electron chi connectivity index (χ2n) is 1.78. The molecule has 11 heavy (non-hydrogen) atoms. The molecule has 4 nitrogen and oxygen atoms in total. The maximum Gasteiger partial charge on any atom is 0.268 e. The summed E-state index contributed by atoms with van der Waals surface area (Å²) >= 11 is 5.69. The Morgan fingerprint density at radius 2 is 1.73 bits per heavy atom. The van der Waals surface area contributed by atoms with Gasteiger partial charge in [-0.3, -0.25) is 9.78 Å². The Kier molecular flexibility index (Phi) is 2.24. The number of aromatic hydroxyl groups is 2. The molecule has 1 aromatic heterocycles. The van der Waals surface area contributed by atoms with Crippen molar-refractivity contribution >= 4 is 31.9 Å². The highest BCUT2D eigenvalue weighted by Crippen LogP contribution is 2.33. The lowest BCUT2D eigenvalue weighted by molar-refractivity contribution is 0.424. The van der Waals surface area contributed by atoms with Crippen LogP contribution in [0, 0.1) is 0 Å². The van der Waals surface area contributed by atoms with Gasteiger partial charge in [-0.25, -0.2) is 0 Å². The molecule has 0 aliphatic carbocycles. The predicted octanol–water partition coefficient (Wildman–Crippen LogP) is 1.31. The van der Waals surface area contributed by atoms with Gasteiger partial charge in [0.25, 0.3) is 5.56 Å². The molecule has 60 valence electrons. The van der Waals surface area contributed by atoms with Gasteiger partial charge in [0.1, 0.15) is 8.95 Å². The Morgan fingerprint density at radius 1 is 1.18 bits per heavy atom. The van der Waals surface area contributed by atoms with Crippen LogP contribution in [0.1, 0.15) is 0 Å². The average Bonchev–Trinajstić information content (AvgIpc) is 1.97. The van der Waals surface area contributed by atoms with E-state index in [1.807, 2.05) is 0 Å². The second-order valence-corrected chi connectivity index (χ2v) is 3.37. The third-order valence-corrected chi connectivity index (χ3v) is 2.54. The zero-order valence-electron chi connectivity index (χ0n) is 5.06. The Morgan fingerprint density at radius 3 is 2.27 bits per heavy atom. The molecule has 0 bridgehead atoms. The fourth-order valence-electron chi connectivity index (χ4n) is 0.533. The zero-order chi connectivity index (χ0) is 8.59. The molecule has 0 radical (unpaired) electrons. The summed E-state index contributed by atoms with van der Waals surface area (Å²) in [5, 5.41) is 18.0. The minimum atomic E-state index is -0.580. The largest absolute Gasteiger partial charge is 0.505 e. The molecule has 6 heteroatoms. The molecule has 1 aromatic rings. The first-order valence-electron chi connectivity index (χ1n) is 2.53. The number of hydrogen-bond donors (Lipinski definition) is 3. The number of aromatic nitrogens is 1. The number of nitrogens with one attached hydrogen (secondary N) is 1. The van der Waals surface area contributed by atoms with Gasteiger partial charge < -0.3 is 10.2 Å². The molecule has 0 aliphatic rings. The molecule has 0 aromatic carbocycles. The lowest BCUT2D eigenvalue weighted by atomic mass is 10.4. The van der Waals surface area contributed by atoms with Crippen LogP contribution in [0.5, 0.6) is 11.6 Å². The van der Waals surface area contributed by atoms with E-state index in [9.17, 15) is 4.79 Å². The van der Waals surface area contributed by atoms with Crippen LogP contribution in [0.2, 0.25) is 0 Å². The van der Waals surface area contributed by atoms with Crippen molar-refractivity contribution in [3.63, 3.8) is 0 Å². The molecule has 0 spiro atoms. The summed E-state index contributed by atoms with van der Waals surface area (Å²) in [5.74, 6) is -0.707. The maximum atomic E-state index is 10.8. The van der Waals surface area contributed by atoms with Crippen molar-refractivity contribution in [2.45, 2.75) is 0 Å². The Bertz CT molecular complexity index is 346. The van der Waals surface area contributed by atoms with Crippen molar-refractivity contribution in [3.8, 4) is 11.6 Å². The van der Waals surface area contributed by atoms with E-state index in [4.69, 9.17) is 10.2 Å². The molecule has 3 N–H and O–H groups in total. The van der Waals surface area contributed by atoms with Crippen molar-refractivity contribution in [1.82, 2.24) is 4.98 Å². The van der Waals surface area contributed by atoms with E-state index in [1.165, 1.54) is 0 Å². The van der Waals surface area contributed by atoms with E-state index in [2.05, 4.69) is 36.8 Å². The summed E-state index contributed by atoms with van der Waals surface area (Å²) in [4.78, 5) is 12.9. The van der Waals surface area contributed by atoms with Crippen molar-refractivity contribution < 1.29 is 10.2 Å². The number of aromatic amines is 1. The molecular weight excluding hydrogens is 282 g/mol. The van der Waals surface area contributed by atoms with E-state index in [1.54, 1.807) is 0 Å². The molecule has 0 atom stereocenters. The molecule has 0 aliphatic heterocycles. The fraction of sp³-hybridized carbons (Fsp3) is 0. The van der Waals surface area contributed by atoms with Crippen molar-refractivity contribution in [3.05, 3.63) is 19.3 Å². The standard InChI is InChI=1S/C5H3Br2NO3/c6-1-3(9)2(7)5(11)8-4(1)10/h(H3,8,9,10,11). The number of H-pyrrole nitrogens is 1. The van der Waals surface area contributed by atoms with E-state index in [0.29, 0.717) is 0 Å². The van der Waals surface area contributed by atoms with Crippen LogP contribution < -0.4 is 5.56 Å². The van der Waals surface area contributed by atoms with Gasteiger partial charge >= 0.3 is 0 Å². The quantitative estimate of drug-likeness (QED) is 0.673. The summed E-state index contributed by atoms with van der Waals surface area (Å²) in [6, 6.07) is 0. The molecule has 0 saturated carbocycles. The topological polar surface area (TPSA) is 73.3 Å². The van der Waals surface area contributed by atoms with Gasteiger partial charge in [0.15, 0.2) is 5.75 Å². The van der Waals surface area contributed by atoms with Gasteiger partial charge in [-0.2, -0.15) is 0 Å². The number of rotatable bonds is 0. The van der Waals surface area contributed by atoms with Gasteiger partial charge in [-0.05, 0) is 31.9 Å². The summed E-state index contributed by atoms with van der Waals surface area (Å²) in [6.07, 6.45) is 0. The SMILES string of the molecule is O=c1[nH]c(O)c(Br)c(O)c1Br. The summed E-state index contributed by atoms with van der Waals surface area (Å²) in [5.41, 5.74) is -0.580. The van der Waals surface area contributed by atoms with Crippen molar-refractivity contribution in [1.29, 1.82) is 0 Å². The van der Waals surface area contributed by atoms with Gasteiger partial charge in [0, 0.05) is 0 Å². The van der Waals surface area contributed by atoms with E-state index < -0.39 is 11.4 Å². The zero-order valence-corrected chi connectivity index (χ0v) is 8.23. The second kappa shape index (κ2) is 2.86. The summed E-state index contributed by atoms with van der Waals surface area (Å²) in [6.45, 7) is 0. The van der Waals surface area contributed by atoms with E-state index >= 15 is 0 Å². The summed E-state index contributed by atoms with van der Waals surface area (Å²) in [7, 11) is 0. The number of halogens is 2. The van der Waals surface area contributed by atoms with Crippen LogP contribution in [0.15, 0.2) is 13.7 Å². The first kappa shape index (κ1) is 8.61. The van der Waals surface area contributed by atoms with E-state index in [-0.39, 0.29) is 14.7 Å².